The van der Waals surface area contributed by atoms with Crippen molar-refractivity contribution in [3.05, 3.63) is 41.4 Å². The molecule has 0 saturated heterocycles. The molecule has 2 N–H and O–H groups in total. The standard InChI is InChI=1S/C16H22N4S.HI/c1-16(2,3)20-15(17-4)18-10-13-11-21-14(19-13)12-8-6-5-7-9-12;/h5-9,11H,10H2,1-4H3,(H2,17,18,20);1H. The summed E-state index contributed by atoms with van der Waals surface area (Å²) in [5, 5.41) is 9.75. The summed E-state index contributed by atoms with van der Waals surface area (Å²) < 4.78 is 0. The average molecular weight is 430 g/mol. The van der Waals surface area contributed by atoms with E-state index in [0.717, 1.165) is 22.2 Å². The first-order valence-electron chi connectivity index (χ1n) is 6.96. The minimum absolute atomic E-state index is 0. The Morgan fingerprint density at radius 2 is 1.91 bits per heavy atom. The lowest BCUT2D eigenvalue weighted by atomic mass is 10.1. The fraction of sp³-hybridized carbons (Fsp3) is 0.375. The quantitative estimate of drug-likeness (QED) is 0.441. The number of aliphatic imine (C=N–C) groups is 1. The van der Waals surface area contributed by atoms with Crippen molar-refractivity contribution in [3.63, 3.8) is 0 Å². The summed E-state index contributed by atoms with van der Waals surface area (Å²) in [6, 6.07) is 10.2. The number of rotatable bonds is 3. The second-order valence-electron chi connectivity index (χ2n) is 5.81. The van der Waals surface area contributed by atoms with Gasteiger partial charge in [-0.05, 0) is 20.8 Å². The summed E-state index contributed by atoms with van der Waals surface area (Å²) in [7, 11) is 1.78. The maximum absolute atomic E-state index is 4.66. The lowest BCUT2D eigenvalue weighted by molar-refractivity contribution is 0.501. The van der Waals surface area contributed by atoms with E-state index in [2.05, 4.69) is 58.9 Å². The highest BCUT2D eigenvalue weighted by Gasteiger charge is 2.12. The summed E-state index contributed by atoms with van der Waals surface area (Å²) in [6.45, 7) is 6.99. The van der Waals surface area contributed by atoms with Gasteiger partial charge < -0.3 is 10.6 Å². The zero-order chi connectivity index (χ0) is 15.3. The summed E-state index contributed by atoms with van der Waals surface area (Å²) in [5.41, 5.74) is 2.17. The van der Waals surface area contributed by atoms with Crippen LogP contribution in [-0.2, 0) is 6.54 Å². The van der Waals surface area contributed by atoms with Gasteiger partial charge in [-0.3, -0.25) is 4.99 Å². The number of hydrogen-bond acceptors (Lipinski definition) is 3. The van der Waals surface area contributed by atoms with E-state index in [4.69, 9.17) is 0 Å². The SMILES string of the molecule is CN=C(NCc1csc(-c2ccccc2)n1)NC(C)(C)C.I. The molecule has 0 saturated carbocycles. The second kappa shape index (κ2) is 8.47. The normalized spacial score (nSPS) is 11.7. The van der Waals surface area contributed by atoms with Crippen LogP contribution in [0.4, 0.5) is 0 Å². The Balaban J connectivity index is 0.00000242. The van der Waals surface area contributed by atoms with Crippen LogP contribution in [-0.4, -0.2) is 23.5 Å². The fourth-order valence-corrected chi connectivity index (χ4v) is 2.64. The molecular weight excluding hydrogens is 407 g/mol. The van der Waals surface area contributed by atoms with E-state index in [0.29, 0.717) is 6.54 Å². The Morgan fingerprint density at radius 3 is 2.50 bits per heavy atom. The zero-order valence-electron chi connectivity index (χ0n) is 13.4. The van der Waals surface area contributed by atoms with E-state index in [1.807, 2.05) is 18.2 Å². The minimum Gasteiger partial charge on any atom is -0.352 e. The Kier molecular flexibility index (Phi) is 7.28. The molecule has 120 valence electrons. The lowest BCUT2D eigenvalue weighted by Gasteiger charge is -2.23. The summed E-state index contributed by atoms with van der Waals surface area (Å²) in [6.07, 6.45) is 0. The van der Waals surface area contributed by atoms with Gasteiger partial charge in [-0.15, -0.1) is 35.3 Å². The number of halogens is 1. The molecule has 0 fully saturated rings. The summed E-state index contributed by atoms with van der Waals surface area (Å²) in [5.74, 6) is 0.789. The molecular formula is C16H23IN4S. The molecule has 0 aliphatic rings. The van der Waals surface area contributed by atoms with Crippen molar-refractivity contribution in [1.29, 1.82) is 0 Å². The third-order valence-corrected chi connectivity index (χ3v) is 3.67. The van der Waals surface area contributed by atoms with Crippen molar-refractivity contribution in [2.45, 2.75) is 32.9 Å². The summed E-state index contributed by atoms with van der Waals surface area (Å²) >= 11 is 1.66. The minimum atomic E-state index is -0.0148. The predicted molar refractivity (Wildman–Crippen MR) is 106 cm³/mol. The maximum atomic E-state index is 4.66. The Bertz CT molecular complexity index is 602. The molecule has 0 unspecified atom stereocenters. The summed E-state index contributed by atoms with van der Waals surface area (Å²) in [4.78, 5) is 8.88. The van der Waals surface area contributed by atoms with Crippen molar-refractivity contribution in [1.82, 2.24) is 15.6 Å². The molecule has 0 radical (unpaired) electrons. The average Bonchev–Trinajstić information content (AvgIpc) is 2.92. The molecule has 22 heavy (non-hydrogen) atoms. The fourth-order valence-electron chi connectivity index (χ4n) is 1.81. The molecule has 2 aromatic rings. The van der Waals surface area contributed by atoms with Crippen LogP contribution in [0, 0.1) is 0 Å². The van der Waals surface area contributed by atoms with Crippen LogP contribution in [0.15, 0.2) is 40.7 Å². The number of nitrogens with zero attached hydrogens (tertiary/aromatic N) is 2. The molecule has 0 aliphatic heterocycles. The molecule has 1 aromatic heterocycles. The molecule has 4 nitrogen and oxygen atoms in total. The molecule has 0 bridgehead atoms. The van der Waals surface area contributed by atoms with Crippen LogP contribution >= 0.6 is 35.3 Å². The Hall–Kier alpha value is -1.15. The molecule has 0 atom stereocenters. The number of nitrogens with one attached hydrogen (secondary N) is 2. The van der Waals surface area contributed by atoms with Crippen LogP contribution in [0.1, 0.15) is 26.5 Å². The monoisotopic (exact) mass is 430 g/mol. The first kappa shape index (κ1) is 18.9. The van der Waals surface area contributed by atoms with Gasteiger partial charge in [0.05, 0.1) is 12.2 Å². The number of guanidine groups is 1. The zero-order valence-corrected chi connectivity index (χ0v) is 16.5. The number of aromatic nitrogens is 1. The Labute approximate surface area is 153 Å². The second-order valence-corrected chi connectivity index (χ2v) is 6.67. The van der Waals surface area contributed by atoms with E-state index in [-0.39, 0.29) is 29.5 Å². The molecule has 0 spiro atoms. The molecule has 0 aliphatic carbocycles. The number of hydrogen-bond donors (Lipinski definition) is 2. The van der Waals surface area contributed by atoms with Crippen molar-refractivity contribution in [2.75, 3.05) is 7.05 Å². The first-order valence-corrected chi connectivity index (χ1v) is 7.84. The van der Waals surface area contributed by atoms with Gasteiger partial charge in [0, 0.05) is 23.5 Å². The highest BCUT2D eigenvalue weighted by Crippen LogP contribution is 2.23. The van der Waals surface area contributed by atoms with Crippen LogP contribution in [0.5, 0.6) is 0 Å². The van der Waals surface area contributed by atoms with Gasteiger partial charge in [0.25, 0.3) is 0 Å². The van der Waals surface area contributed by atoms with E-state index in [1.165, 1.54) is 0 Å². The van der Waals surface area contributed by atoms with Gasteiger partial charge >= 0.3 is 0 Å². The van der Waals surface area contributed by atoms with Gasteiger partial charge in [-0.2, -0.15) is 0 Å². The van der Waals surface area contributed by atoms with Crippen molar-refractivity contribution in [2.24, 2.45) is 4.99 Å². The molecule has 0 amide bonds. The van der Waals surface area contributed by atoms with Crippen molar-refractivity contribution >= 4 is 41.3 Å². The lowest BCUT2D eigenvalue weighted by Crippen LogP contribution is -2.47. The number of thiazole rings is 1. The van der Waals surface area contributed by atoms with Crippen molar-refractivity contribution < 1.29 is 0 Å². The van der Waals surface area contributed by atoms with Gasteiger partial charge in [0.15, 0.2) is 5.96 Å². The number of benzene rings is 1. The van der Waals surface area contributed by atoms with E-state index in [9.17, 15) is 0 Å². The molecule has 1 heterocycles. The smallest absolute Gasteiger partial charge is 0.191 e. The van der Waals surface area contributed by atoms with E-state index < -0.39 is 0 Å². The highest BCUT2D eigenvalue weighted by molar-refractivity contribution is 14.0. The van der Waals surface area contributed by atoms with Gasteiger partial charge in [0.2, 0.25) is 0 Å². The molecule has 1 aromatic carbocycles. The first-order chi connectivity index (χ1) is 9.98. The molecule has 2 rings (SSSR count). The third kappa shape index (κ3) is 5.92. The van der Waals surface area contributed by atoms with E-state index >= 15 is 0 Å². The van der Waals surface area contributed by atoms with Gasteiger partial charge in [-0.25, -0.2) is 4.98 Å². The maximum Gasteiger partial charge on any atom is 0.191 e. The largest absolute Gasteiger partial charge is 0.352 e. The van der Waals surface area contributed by atoms with E-state index in [1.54, 1.807) is 18.4 Å². The highest BCUT2D eigenvalue weighted by atomic mass is 127. The van der Waals surface area contributed by atoms with Crippen LogP contribution < -0.4 is 10.6 Å². The van der Waals surface area contributed by atoms with Crippen molar-refractivity contribution in [3.8, 4) is 10.6 Å². The van der Waals surface area contributed by atoms with Gasteiger partial charge in [0.1, 0.15) is 5.01 Å². The molecule has 6 heteroatoms. The Morgan fingerprint density at radius 1 is 1.23 bits per heavy atom. The van der Waals surface area contributed by atoms with Crippen LogP contribution in [0.25, 0.3) is 10.6 Å². The third-order valence-electron chi connectivity index (χ3n) is 2.73. The van der Waals surface area contributed by atoms with Gasteiger partial charge in [-0.1, -0.05) is 30.3 Å². The predicted octanol–water partition coefficient (Wildman–Crippen LogP) is 3.89. The van der Waals surface area contributed by atoms with Crippen LogP contribution in [0.2, 0.25) is 0 Å². The van der Waals surface area contributed by atoms with Crippen LogP contribution in [0.3, 0.4) is 0 Å². The topological polar surface area (TPSA) is 49.3 Å².